The van der Waals surface area contributed by atoms with E-state index in [4.69, 9.17) is 38.3 Å². The molecule has 3 N–H and O–H groups in total. The first kappa shape index (κ1) is 24.2. The van der Waals surface area contributed by atoms with E-state index in [0.717, 1.165) is 18.2 Å². The third kappa shape index (κ3) is 6.45. The number of halogens is 5. The van der Waals surface area contributed by atoms with Crippen LogP contribution in [-0.4, -0.2) is 48.4 Å². The fraction of sp³-hybridized carbons (Fsp3) is 0.533. The number of nitrogens with zero attached hydrogens (tertiary/aromatic N) is 2. The third-order valence-electron chi connectivity index (χ3n) is 3.85. The highest BCUT2D eigenvalue weighted by atomic mass is 35.5. The van der Waals surface area contributed by atoms with E-state index in [1.54, 1.807) is 0 Å². The Morgan fingerprint density at radius 2 is 2.00 bits per heavy atom. The van der Waals surface area contributed by atoms with E-state index in [-0.39, 0.29) is 43.6 Å². The lowest BCUT2D eigenvalue weighted by Gasteiger charge is -2.37. The number of primary amides is 1. The number of nitrogens with two attached hydrogens (primary N) is 1. The standard InChI is InChI=1S/C15H20Cl2F3N4O4P/c16-5-7-23(8-6-17)29(26)22-13(4-9-27-29)28-24(14(21)25)12-3-1-2-11(10-12)15(18,19)20/h1-3,10,13H,4-9H2,(H2,21,25)(H,22,26). The Hall–Kier alpha value is -1.07. The van der Waals surface area contributed by atoms with Gasteiger partial charge in [0.1, 0.15) is 6.23 Å². The lowest BCUT2D eigenvalue weighted by Crippen LogP contribution is -2.48. The quantitative estimate of drug-likeness (QED) is 0.335. The first-order chi connectivity index (χ1) is 13.6. The maximum absolute atomic E-state index is 13.1. The molecule has 0 aliphatic carbocycles. The number of benzene rings is 1. The normalized spacial score (nSPS) is 22.6. The van der Waals surface area contributed by atoms with Crippen LogP contribution in [0.5, 0.6) is 0 Å². The number of hydroxylamine groups is 1. The van der Waals surface area contributed by atoms with Crippen molar-refractivity contribution in [2.45, 2.75) is 18.8 Å². The topological polar surface area (TPSA) is 97.1 Å². The van der Waals surface area contributed by atoms with Gasteiger partial charge in [-0.05, 0) is 18.2 Å². The van der Waals surface area contributed by atoms with Gasteiger partial charge in [-0.15, -0.1) is 23.2 Å². The number of nitrogens with one attached hydrogen (secondary N) is 1. The summed E-state index contributed by atoms with van der Waals surface area (Å²) in [5, 5.41) is 3.16. The van der Waals surface area contributed by atoms with Gasteiger partial charge < -0.3 is 10.3 Å². The molecular formula is C15H20Cl2F3N4O4P. The lowest BCUT2D eigenvalue weighted by atomic mass is 10.2. The van der Waals surface area contributed by atoms with Crippen molar-refractivity contribution < 1.29 is 31.9 Å². The Kier molecular flexibility index (Phi) is 8.59. The van der Waals surface area contributed by atoms with Gasteiger partial charge in [0.2, 0.25) is 0 Å². The molecule has 14 heteroatoms. The first-order valence-corrected chi connectivity index (χ1v) is 11.1. The van der Waals surface area contributed by atoms with Crippen molar-refractivity contribution in [2.75, 3.05) is 36.5 Å². The van der Waals surface area contributed by atoms with E-state index in [1.807, 2.05) is 0 Å². The van der Waals surface area contributed by atoms with Crippen LogP contribution in [0, 0.1) is 0 Å². The fourth-order valence-electron chi connectivity index (χ4n) is 2.55. The predicted molar refractivity (Wildman–Crippen MR) is 103 cm³/mol. The molecule has 2 amide bonds. The minimum atomic E-state index is -4.62. The summed E-state index contributed by atoms with van der Waals surface area (Å²) in [5.74, 6) is 0.324. The van der Waals surface area contributed by atoms with Crippen LogP contribution in [-0.2, 0) is 20.1 Å². The monoisotopic (exact) mass is 478 g/mol. The van der Waals surface area contributed by atoms with Crippen molar-refractivity contribution >= 4 is 42.6 Å². The van der Waals surface area contributed by atoms with Gasteiger partial charge in [-0.3, -0.25) is 4.57 Å². The van der Waals surface area contributed by atoms with Gasteiger partial charge in [-0.1, -0.05) is 6.07 Å². The van der Waals surface area contributed by atoms with Crippen molar-refractivity contribution in [3.63, 3.8) is 0 Å². The molecule has 1 aliphatic rings. The van der Waals surface area contributed by atoms with E-state index in [9.17, 15) is 22.5 Å². The average molecular weight is 479 g/mol. The van der Waals surface area contributed by atoms with Crippen molar-refractivity contribution in [3.8, 4) is 0 Å². The van der Waals surface area contributed by atoms with Crippen LogP contribution in [0.25, 0.3) is 0 Å². The van der Waals surface area contributed by atoms with E-state index in [0.29, 0.717) is 5.06 Å². The number of alkyl halides is 5. The number of carbonyl (C=O) groups excluding carboxylic acids is 1. The molecule has 164 valence electrons. The number of urea groups is 1. The van der Waals surface area contributed by atoms with Crippen LogP contribution in [0.4, 0.5) is 23.7 Å². The molecule has 1 aromatic rings. The van der Waals surface area contributed by atoms with Crippen LogP contribution in [0.1, 0.15) is 12.0 Å². The molecule has 0 radical (unpaired) electrons. The summed E-state index contributed by atoms with van der Waals surface area (Å²) in [5.41, 5.74) is 4.07. The van der Waals surface area contributed by atoms with Crippen molar-refractivity contribution in [1.82, 2.24) is 9.76 Å². The van der Waals surface area contributed by atoms with Gasteiger partial charge in [-0.2, -0.15) is 18.2 Å². The van der Waals surface area contributed by atoms with Gasteiger partial charge in [0, 0.05) is 31.3 Å². The summed E-state index contributed by atoms with van der Waals surface area (Å²) < 4.78 is 58.8. The van der Waals surface area contributed by atoms with Crippen molar-refractivity contribution in [3.05, 3.63) is 29.8 Å². The van der Waals surface area contributed by atoms with Crippen molar-refractivity contribution in [1.29, 1.82) is 0 Å². The molecule has 2 atom stereocenters. The number of rotatable bonds is 8. The van der Waals surface area contributed by atoms with E-state index in [1.165, 1.54) is 10.7 Å². The maximum Gasteiger partial charge on any atom is 0.416 e. The molecular weight excluding hydrogens is 459 g/mol. The molecule has 1 heterocycles. The zero-order chi connectivity index (χ0) is 21.7. The number of hydrogen-bond acceptors (Lipinski definition) is 4. The van der Waals surface area contributed by atoms with E-state index < -0.39 is 31.7 Å². The molecule has 0 spiro atoms. The average Bonchev–Trinajstić information content (AvgIpc) is 2.65. The molecule has 1 saturated heterocycles. The van der Waals surface area contributed by atoms with Gasteiger partial charge in [0.15, 0.2) is 0 Å². The lowest BCUT2D eigenvalue weighted by molar-refractivity contribution is -0.137. The SMILES string of the molecule is NC(=O)N(OC1CCOP(=O)(N(CCCl)CCCl)N1)c1cccc(C(F)(F)F)c1. The van der Waals surface area contributed by atoms with Crippen LogP contribution in [0.15, 0.2) is 24.3 Å². The summed E-state index contributed by atoms with van der Waals surface area (Å²) in [6, 6.07) is 2.76. The van der Waals surface area contributed by atoms with E-state index >= 15 is 0 Å². The van der Waals surface area contributed by atoms with Crippen molar-refractivity contribution in [2.24, 2.45) is 5.73 Å². The van der Waals surface area contributed by atoms with Crippen LogP contribution >= 0.6 is 30.9 Å². The zero-order valence-corrected chi connectivity index (χ0v) is 17.5. The second-order valence-corrected chi connectivity index (χ2v) is 8.76. The molecule has 29 heavy (non-hydrogen) atoms. The fourth-order valence-corrected chi connectivity index (χ4v) is 5.22. The third-order valence-corrected chi connectivity index (χ3v) is 6.48. The number of carbonyl (C=O) groups is 1. The van der Waals surface area contributed by atoms with Crippen LogP contribution in [0.3, 0.4) is 0 Å². The molecule has 0 aromatic heterocycles. The van der Waals surface area contributed by atoms with Gasteiger partial charge in [-0.25, -0.2) is 19.4 Å². The molecule has 0 saturated carbocycles. The molecule has 1 aliphatic heterocycles. The highest BCUT2D eigenvalue weighted by molar-refractivity contribution is 7.54. The first-order valence-electron chi connectivity index (χ1n) is 8.44. The smallest absolute Gasteiger partial charge is 0.349 e. The van der Waals surface area contributed by atoms with Gasteiger partial charge in [0.05, 0.1) is 17.9 Å². The Labute approximate surface area is 175 Å². The Morgan fingerprint density at radius 1 is 1.34 bits per heavy atom. The number of anilines is 1. The molecule has 0 bridgehead atoms. The Morgan fingerprint density at radius 3 is 2.55 bits per heavy atom. The summed E-state index contributed by atoms with van der Waals surface area (Å²) in [6.45, 7) is 0.419. The maximum atomic E-state index is 13.1. The zero-order valence-electron chi connectivity index (χ0n) is 15.1. The number of hydrogen-bond donors (Lipinski definition) is 2. The second kappa shape index (κ2) is 10.3. The van der Waals surface area contributed by atoms with Crippen LogP contribution in [0.2, 0.25) is 0 Å². The summed E-state index contributed by atoms with van der Waals surface area (Å²) in [4.78, 5) is 17.2. The number of amides is 2. The Balaban J connectivity index is 2.21. The highest BCUT2D eigenvalue weighted by Crippen LogP contribution is 2.49. The molecule has 1 fully saturated rings. The summed E-state index contributed by atoms with van der Waals surface area (Å²) in [6.07, 6.45) is -5.48. The predicted octanol–water partition coefficient (Wildman–Crippen LogP) is 3.75. The minimum Gasteiger partial charge on any atom is -0.349 e. The van der Waals surface area contributed by atoms with Crippen LogP contribution < -0.4 is 15.9 Å². The van der Waals surface area contributed by atoms with Gasteiger partial charge >= 0.3 is 19.9 Å². The highest BCUT2D eigenvalue weighted by Gasteiger charge is 2.39. The second-order valence-electron chi connectivity index (χ2n) is 5.88. The molecule has 1 aromatic carbocycles. The van der Waals surface area contributed by atoms with Gasteiger partial charge in [0.25, 0.3) is 0 Å². The molecule has 2 rings (SSSR count). The molecule has 8 nitrogen and oxygen atoms in total. The summed E-state index contributed by atoms with van der Waals surface area (Å²) in [7, 11) is -3.60. The largest absolute Gasteiger partial charge is 0.416 e. The Bertz CT molecular complexity index is 753. The molecule has 2 unspecified atom stereocenters. The minimum absolute atomic E-state index is 0.00517. The summed E-state index contributed by atoms with van der Waals surface area (Å²) >= 11 is 11.5. The van der Waals surface area contributed by atoms with E-state index in [2.05, 4.69) is 5.09 Å².